The van der Waals surface area contributed by atoms with Gasteiger partial charge in [-0.15, -0.1) is 0 Å². The van der Waals surface area contributed by atoms with Gasteiger partial charge in [0.2, 0.25) is 0 Å². The quantitative estimate of drug-likeness (QED) is 0.842. The SMILES string of the molecule is CCNC1CCc2[nH]c3c(F)cc(F)cc3c2C1. The van der Waals surface area contributed by atoms with Gasteiger partial charge in [-0.25, -0.2) is 8.78 Å². The molecular weight excluding hydrogens is 234 g/mol. The number of hydrogen-bond donors (Lipinski definition) is 2. The highest BCUT2D eigenvalue weighted by molar-refractivity contribution is 5.85. The topological polar surface area (TPSA) is 27.8 Å². The van der Waals surface area contributed by atoms with Crippen molar-refractivity contribution in [3.05, 3.63) is 35.0 Å². The molecule has 0 aliphatic heterocycles. The number of fused-ring (bicyclic) bond motifs is 3. The second kappa shape index (κ2) is 4.35. The van der Waals surface area contributed by atoms with Gasteiger partial charge in [0.1, 0.15) is 11.6 Å². The number of nitrogens with one attached hydrogen (secondary N) is 2. The molecule has 0 spiro atoms. The maximum Gasteiger partial charge on any atom is 0.150 e. The van der Waals surface area contributed by atoms with Crippen molar-refractivity contribution in [2.45, 2.75) is 32.2 Å². The molecule has 1 aliphatic rings. The summed E-state index contributed by atoms with van der Waals surface area (Å²) < 4.78 is 27.0. The van der Waals surface area contributed by atoms with Crippen LogP contribution in [-0.2, 0) is 12.8 Å². The lowest BCUT2D eigenvalue weighted by molar-refractivity contribution is 0.469. The summed E-state index contributed by atoms with van der Waals surface area (Å²) in [5.74, 6) is -1.01. The third-order valence-corrected chi connectivity index (χ3v) is 3.71. The maximum atomic E-state index is 13.7. The summed E-state index contributed by atoms with van der Waals surface area (Å²) >= 11 is 0. The number of likely N-dealkylation sites (N-methyl/N-ethyl adjacent to an activating group) is 1. The predicted octanol–water partition coefficient (Wildman–Crippen LogP) is 2.91. The number of hydrogen-bond acceptors (Lipinski definition) is 1. The molecule has 1 aromatic heterocycles. The van der Waals surface area contributed by atoms with Gasteiger partial charge in [-0.3, -0.25) is 0 Å². The van der Waals surface area contributed by atoms with Gasteiger partial charge in [0.25, 0.3) is 0 Å². The fourth-order valence-corrected chi connectivity index (χ4v) is 2.90. The molecule has 3 rings (SSSR count). The highest BCUT2D eigenvalue weighted by atomic mass is 19.1. The number of aromatic nitrogens is 1. The molecule has 2 aromatic rings. The molecule has 2 nitrogen and oxygen atoms in total. The summed E-state index contributed by atoms with van der Waals surface area (Å²) in [6, 6.07) is 2.78. The predicted molar refractivity (Wildman–Crippen MR) is 67.7 cm³/mol. The zero-order chi connectivity index (χ0) is 12.7. The standard InChI is InChI=1S/C14H16F2N2/c1-2-17-9-3-4-13-10(7-9)11-5-8(15)6-12(16)14(11)18-13/h5-6,9,17-18H,2-4,7H2,1H3. The minimum Gasteiger partial charge on any atom is -0.356 e. The van der Waals surface area contributed by atoms with Crippen molar-refractivity contribution in [1.82, 2.24) is 10.3 Å². The van der Waals surface area contributed by atoms with Crippen molar-refractivity contribution < 1.29 is 8.78 Å². The Morgan fingerprint density at radius 2 is 2.22 bits per heavy atom. The third-order valence-electron chi connectivity index (χ3n) is 3.71. The molecule has 0 amide bonds. The van der Waals surface area contributed by atoms with Crippen LogP contribution < -0.4 is 5.32 Å². The molecule has 1 aliphatic carbocycles. The van der Waals surface area contributed by atoms with Gasteiger partial charge in [-0.2, -0.15) is 0 Å². The van der Waals surface area contributed by atoms with Gasteiger partial charge in [0, 0.05) is 23.2 Å². The first kappa shape index (κ1) is 11.7. The van der Waals surface area contributed by atoms with Crippen molar-refractivity contribution in [1.29, 1.82) is 0 Å². The Morgan fingerprint density at radius 1 is 1.39 bits per heavy atom. The Bertz CT molecular complexity index is 589. The number of benzene rings is 1. The first-order chi connectivity index (χ1) is 8.69. The Kier molecular flexibility index (Phi) is 2.82. The lowest BCUT2D eigenvalue weighted by atomic mass is 9.91. The number of halogens is 2. The van der Waals surface area contributed by atoms with Crippen molar-refractivity contribution in [3.8, 4) is 0 Å². The summed E-state index contributed by atoms with van der Waals surface area (Å²) in [5, 5.41) is 4.11. The van der Waals surface area contributed by atoms with Gasteiger partial charge in [-0.05, 0) is 37.4 Å². The molecule has 1 aromatic carbocycles. The average molecular weight is 250 g/mol. The van der Waals surface area contributed by atoms with E-state index < -0.39 is 11.6 Å². The van der Waals surface area contributed by atoms with Crippen molar-refractivity contribution in [2.75, 3.05) is 6.54 Å². The highest BCUT2D eigenvalue weighted by Crippen LogP contribution is 2.31. The van der Waals surface area contributed by atoms with E-state index in [4.69, 9.17) is 0 Å². The molecule has 1 unspecified atom stereocenters. The van der Waals surface area contributed by atoms with Gasteiger partial charge < -0.3 is 10.3 Å². The Morgan fingerprint density at radius 3 is 3.00 bits per heavy atom. The van der Waals surface area contributed by atoms with Gasteiger partial charge in [0.05, 0.1) is 5.52 Å². The monoisotopic (exact) mass is 250 g/mol. The van der Waals surface area contributed by atoms with Crippen LogP contribution in [0.1, 0.15) is 24.6 Å². The van der Waals surface area contributed by atoms with E-state index in [-0.39, 0.29) is 0 Å². The number of H-pyrrole nitrogens is 1. The van der Waals surface area contributed by atoms with Crippen LogP contribution in [0, 0.1) is 11.6 Å². The molecule has 4 heteroatoms. The van der Waals surface area contributed by atoms with E-state index in [2.05, 4.69) is 17.2 Å². The van der Waals surface area contributed by atoms with Crippen molar-refractivity contribution in [2.24, 2.45) is 0 Å². The smallest absolute Gasteiger partial charge is 0.150 e. The van der Waals surface area contributed by atoms with E-state index in [0.29, 0.717) is 16.9 Å². The van der Waals surface area contributed by atoms with E-state index in [0.717, 1.165) is 43.1 Å². The zero-order valence-electron chi connectivity index (χ0n) is 10.3. The van der Waals surface area contributed by atoms with Crippen LogP contribution in [0.15, 0.2) is 12.1 Å². The molecule has 96 valence electrons. The second-order valence-electron chi connectivity index (χ2n) is 4.89. The molecule has 0 saturated carbocycles. The molecule has 0 bridgehead atoms. The summed E-state index contributed by atoms with van der Waals surface area (Å²) in [7, 11) is 0. The lowest BCUT2D eigenvalue weighted by Crippen LogP contribution is -2.34. The normalized spacial score (nSPS) is 19.2. The maximum absolute atomic E-state index is 13.7. The second-order valence-corrected chi connectivity index (χ2v) is 4.89. The van der Waals surface area contributed by atoms with Crippen LogP contribution in [0.5, 0.6) is 0 Å². The molecule has 0 radical (unpaired) electrons. The molecular formula is C14H16F2N2. The molecule has 1 heterocycles. The van der Waals surface area contributed by atoms with Crippen LogP contribution in [0.25, 0.3) is 10.9 Å². The summed E-state index contributed by atoms with van der Waals surface area (Å²) in [6.45, 7) is 3.00. The fourth-order valence-electron chi connectivity index (χ4n) is 2.90. The first-order valence-corrected chi connectivity index (χ1v) is 6.41. The summed E-state index contributed by atoms with van der Waals surface area (Å²) in [4.78, 5) is 3.10. The van der Waals surface area contributed by atoms with E-state index in [9.17, 15) is 8.78 Å². The van der Waals surface area contributed by atoms with E-state index in [1.165, 1.54) is 6.07 Å². The van der Waals surface area contributed by atoms with E-state index >= 15 is 0 Å². The molecule has 18 heavy (non-hydrogen) atoms. The molecule has 0 saturated heterocycles. The third kappa shape index (κ3) is 1.81. The van der Waals surface area contributed by atoms with Crippen molar-refractivity contribution in [3.63, 3.8) is 0 Å². The van der Waals surface area contributed by atoms with Crippen LogP contribution in [0.2, 0.25) is 0 Å². The minimum absolute atomic E-state index is 0.410. The van der Waals surface area contributed by atoms with Crippen LogP contribution >= 0.6 is 0 Å². The summed E-state index contributed by atoms with van der Waals surface area (Å²) in [6.07, 6.45) is 2.77. The Hall–Kier alpha value is -1.42. The minimum atomic E-state index is -0.507. The van der Waals surface area contributed by atoms with Crippen molar-refractivity contribution >= 4 is 10.9 Å². The highest BCUT2D eigenvalue weighted by Gasteiger charge is 2.23. The number of aryl methyl sites for hydroxylation is 1. The fraction of sp³-hybridized carbons (Fsp3) is 0.429. The Balaban J connectivity index is 2.09. The van der Waals surface area contributed by atoms with Gasteiger partial charge in [-0.1, -0.05) is 6.92 Å². The van der Waals surface area contributed by atoms with Gasteiger partial charge in [0.15, 0.2) is 0 Å². The van der Waals surface area contributed by atoms with Gasteiger partial charge >= 0.3 is 0 Å². The van der Waals surface area contributed by atoms with Crippen LogP contribution in [0.3, 0.4) is 0 Å². The van der Waals surface area contributed by atoms with E-state index in [1.807, 2.05) is 0 Å². The van der Waals surface area contributed by atoms with E-state index in [1.54, 1.807) is 0 Å². The summed E-state index contributed by atoms with van der Waals surface area (Å²) in [5.41, 5.74) is 2.57. The molecule has 0 fully saturated rings. The largest absolute Gasteiger partial charge is 0.356 e. The number of rotatable bonds is 2. The average Bonchev–Trinajstić information content (AvgIpc) is 2.68. The number of aromatic amines is 1. The lowest BCUT2D eigenvalue weighted by Gasteiger charge is -2.23. The molecule has 1 atom stereocenters. The van der Waals surface area contributed by atoms with Crippen LogP contribution in [0.4, 0.5) is 8.78 Å². The molecule has 2 N–H and O–H groups in total. The Labute approximate surface area is 104 Å². The zero-order valence-corrected chi connectivity index (χ0v) is 10.3. The first-order valence-electron chi connectivity index (χ1n) is 6.41. The van der Waals surface area contributed by atoms with Crippen LogP contribution in [-0.4, -0.2) is 17.6 Å².